The lowest BCUT2D eigenvalue weighted by molar-refractivity contribution is -0.118. The summed E-state index contributed by atoms with van der Waals surface area (Å²) < 4.78 is 11.3. The maximum absolute atomic E-state index is 12.1. The fraction of sp³-hybridized carbons (Fsp3) is 0.125. The van der Waals surface area contributed by atoms with Gasteiger partial charge in [-0.15, -0.1) is 0 Å². The topological polar surface area (TPSA) is 88.6 Å². The van der Waals surface area contributed by atoms with E-state index >= 15 is 0 Å². The number of H-pyrrole nitrogens is 1. The Balaban J connectivity index is 1.32. The number of hydrazone groups is 1. The van der Waals surface area contributed by atoms with Gasteiger partial charge in [-0.2, -0.15) is 5.10 Å². The van der Waals surface area contributed by atoms with E-state index in [1.165, 1.54) is 11.8 Å². The third-order valence-corrected chi connectivity index (χ3v) is 5.88. The first-order valence-electron chi connectivity index (χ1n) is 10.1. The van der Waals surface area contributed by atoms with E-state index in [-0.39, 0.29) is 11.7 Å². The molecule has 7 nitrogen and oxygen atoms in total. The first-order valence-corrected chi connectivity index (χ1v) is 11.4. The van der Waals surface area contributed by atoms with E-state index in [9.17, 15) is 4.79 Å². The van der Waals surface area contributed by atoms with E-state index in [2.05, 4.69) is 20.5 Å². The minimum Gasteiger partial charge on any atom is -0.493 e. The van der Waals surface area contributed by atoms with Crippen LogP contribution in [0, 0.1) is 0 Å². The Morgan fingerprint density at radius 3 is 2.79 bits per heavy atom. The molecule has 1 heterocycles. The number of carbonyl (C=O) groups excluding carboxylic acids is 1. The average Bonchev–Trinajstić information content (AvgIpc) is 3.25. The molecule has 0 bridgehead atoms. The molecule has 0 fully saturated rings. The van der Waals surface area contributed by atoms with Gasteiger partial charge in [0.2, 0.25) is 0 Å². The van der Waals surface area contributed by atoms with E-state index in [0.29, 0.717) is 28.3 Å². The fourth-order valence-corrected chi connectivity index (χ4v) is 3.87. The molecular formula is C24H21ClN4O3S. The van der Waals surface area contributed by atoms with Crippen molar-refractivity contribution < 1.29 is 14.3 Å². The summed E-state index contributed by atoms with van der Waals surface area (Å²) in [6.07, 6.45) is 1.55. The molecule has 0 atom stereocenters. The molecule has 168 valence electrons. The minimum atomic E-state index is -0.236. The van der Waals surface area contributed by atoms with Crippen molar-refractivity contribution in [2.45, 2.75) is 11.8 Å². The van der Waals surface area contributed by atoms with E-state index in [4.69, 9.17) is 21.1 Å². The minimum absolute atomic E-state index is 0.186. The molecule has 0 aliphatic rings. The Kier molecular flexibility index (Phi) is 7.49. The lowest BCUT2D eigenvalue weighted by Gasteiger charge is -2.12. The predicted octanol–water partition coefficient (Wildman–Crippen LogP) is 5.05. The number of methoxy groups -OCH3 is 1. The van der Waals surface area contributed by atoms with E-state index < -0.39 is 0 Å². The smallest absolute Gasteiger partial charge is 0.250 e. The molecule has 0 saturated heterocycles. The van der Waals surface area contributed by atoms with Crippen LogP contribution in [0.15, 0.2) is 77.0 Å². The number of carbonyl (C=O) groups is 1. The van der Waals surface area contributed by atoms with Gasteiger partial charge in [-0.1, -0.05) is 53.7 Å². The highest BCUT2D eigenvalue weighted by Crippen LogP contribution is 2.29. The summed E-state index contributed by atoms with van der Waals surface area (Å²) in [5, 5.41) is 5.36. The standard InChI is InChI=1S/C24H21ClN4O3S/c1-31-21-11-10-16(12-22(21)32-14-17-6-2-3-7-18(17)25)13-26-29-23(30)15-33-24-27-19-8-4-5-9-20(19)28-24/h2-13H,14-15H2,1H3,(H,27,28)(H,29,30)/b26-13+. The summed E-state index contributed by atoms with van der Waals surface area (Å²) in [5.41, 5.74) is 5.94. The van der Waals surface area contributed by atoms with Gasteiger partial charge in [0.05, 0.1) is 30.1 Å². The van der Waals surface area contributed by atoms with Gasteiger partial charge in [0, 0.05) is 10.6 Å². The van der Waals surface area contributed by atoms with Gasteiger partial charge >= 0.3 is 0 Å². The zero-order chi connectivity index (χ0) is 23.0. The van der Waals surface area contributed by atoms with Crippen LogP contribution in [0.1, 0.15) is 11.1 Å². The number of thioether (sulfide) groups is 1. The number of hydrogen-bond donors (Lipinski definition) is 2. The molecule has 0 saturated carbocycles. The summed E-state index contributed by atoms with van der Waals surface area (Å²) in [4.78, 5) is 19.8. The first kappa shape index (κ1) is 22.7. The van der Waals surface area contributed by atoms with Gasteiger partial charge in [-0.25, -0.2) is 10.4 Å². The van der Waals surface area contributed by atoms with Gasteiger partial charge in [0.25, 0.3) is 5.91 Å². The SMILES string of the molecule is COc1ccc(/C=N/NC(=O)CSc2nc3ccccc3[nH]2)cc1OCc1ccccc1Cl. The number of aromatic nitrogens is 2. The molecule has 0 aliphatic heterocycles. The van der Waals surface area contributed by atoms with Crippen molar-refractivity contribution in [3.8, 4) is 11.5 Å². The highest BCUT2D eigenvalue weighted by molar-refractivity contribution is 7.99. The van der Waals surface area contributed by atoms with Crippen molar-refractivity contribution in [1.29, 1.82) is 0 Å². The molecule has 4 rings (SSSR count). The first-order chi connectivity index (χ1) is 16.1. The number of halogens is 1. The van der Waals surface area contributed by atoms with Crippen molar-refractivity contribution >= 4 is 46.5 Å². The maximum atomic E-state index is 12.1. The summed E-state index contributed by atoms with van der Waals surface area (Å²) in [6, 6.07) is 20.6. The van der Waals surface area contributed by atoms with Crippen LogP contribution in [0.4, 0.5) is 0 Å². The van der Waals surface area contributed by atoms with Crippen molar-refractivity contribution in [3.63, 3.8) is 0 Å². The third-order valence-electron chi connectivity index (χ3n) is 4.64. The number of fused-ring (bicyclic) bond motifs is 1. The molecule has 0 radical (unpaired) electrons. The largest absolute Gasteiger partial charge is 0.493 e. The Bertz CT molecular complexity index is 1260. The Hall–Kier alpha value is -3.49. The molecular weight excluding hydrogens is 460 g/mol. The molecule has 9 heteroatoms. The highest BCUT2D eigenvalue weighted by Gasteiger charge is 2.08. The Morgan fingerprint density at radius 1 is 1.15 bits per heavy atom. The van der Waals surface area contributed by atoms with Crippen LogP contribution in [0.3, 0.4) is 0 Å². The van der Waals surface area contributed by atoms with Crippen LogP contribution in [0.2, 0.25) is 5.02 Å². The second-order valence-corrected chi connectivity index (χ2v) is 8.30. The van der Waals surface area contributed by atoms with Crippen LogP contribution >= 0.6 is 23.4 Å². The average molecular weight is 481 g/mol. The summed E-state index contributed by atoms with van der Waals surface area (Å²) >= 11 is 7.51. The monoisotopic (exact) mass is 480 g/mol. The molecule has 1 amide bonds. The van der Waals surface area contributed by atoms with E-state index in [1.54, 1.807) is 25.5 Å². The van der Waals surface area contributed by atoms with Crippen LogP contribution < -0.4 is 14.9 Å². The molecule has 0 spiro atoms. The van der Waals surface area contributed by atoms with E-state index in [0.717, 1.165) is 22.2 Å². The Labute approximate surface area is 200 Å². The van der Waals surface area contributed by atoms with Crippen LogP contribution in [0.25, 0.3) is 11.0 Å². The number of imidazole rings is 1. The summed E-state index contributed by atoms with van der Waals surface area (Å²) in [6.45, 7) is 0.298. The fourth-order valence-electron chi connectivity index (χ4n) is 3.00. The molecule has 4 aromatic rings. The van der Waals surface area contributed by atoms with Gasteiger partial charge in [-0.05, 0) is 42.0 Å². The van der Waals surface area contributed by atoms with Crippen LogP contribution in [-0.4, -0.2) is 35.0 Å². The number of nitrogens with one attached hydrogen (secondary N) is 2. The molecule has 0 aliphatic carbocycles. The second-order valence-electron chi connectivity index (χ2n) is 6.93. The lowest BCUT2D eigenvalue weighted by atomic mass is 10.2. The number of ether oxygens (including phenoxy) is 2. The number of nitrogens with zero attached hydrogens (tertiary/aromatic N) is 2. The van der Waals surface area contributed by atoms with Gasteiger partial charge in [0.1, 0.15) is 6.61 Å². The van der Waals surface area contributed by atoms with Crippen molar-refractivity contribution in [2.24, 2.45) is 5.10 Å². The number of amides is 1. The van der Waals surface area contributed by atoms with Gasteiger partial charge in [-0.3, -0.25) is 4.79 Å². The summed E-state index contributed by atoms with van der Waals surface area (Å²) in [5.74, 6) is 1.09. The van der Waals surface area contributed by atoms with Crippen molar-refractivity contribution in [1.82, 2.24) is 15.4 Å². The number of hydrogen-bond acceptors (Lipinski definition) is 6. The zero-order valence-electron chi connectivity index (χ0n) is 17.7. The number of rotatable bonds is 9. The number of para-hydroxylation sites is 2. The molecule has 1 aromatic heterocycles. The molecule has 0 unspecified atom stereocenters. The van der Waals surface area contributed by atoms with Crippen LogP contribution in [-0.2, 0) is 11.4 Å². The third kappa shape index (κ3) is 6.06. The zero-order valence-corrected chi connectivity index (χ0v) is 19.3. The van der Waals surface area contributed by atoms with Crippen molar-refractivity contribution in [3.05, 3.63) is 82.9 Å². The van der Waals surface area contributed by atoms with Crippen LogP contribution in [0.5, 0.6) is 11.5 Å². The number of benzene rings is 3. The van der Waals surface area contributed by atoms with Crippen molar-refractivity contribution in [2.75, 3.05) is 12.9 Å². The number of aromatic amines is 1. The lowest BCUT2D eigenvalue weighted by Crippen LogP contribution is -2.19. The predicted molar refractivity (Wildman–Crippen MR) is 131 cm³/mol. The van der Waals surface area contributed by atoms with Gasteiger partial charge < -0.3 is 14.5 Å². The second kappa shape index (κ2) is 10.9. The normalized spacial score (nSPS) is 11.1. The molecule has 2 N–H and O–H groups in total. The quantitative estimate of drug-likeness (QED) is 0.199. The summed E-state index contributed by atoms with van der Waals surface area (Å²) in [7, 11) is 1.57. The Morgan fingerprint density at radius 2 is 1.97 bits per heavy atom. The van der Waals surface area contributed by atoms with E-state index in [1.807, 2.05) is 54.6 Å². The van der Waals surface area contributed by atoms with Gasteiger partial charge in [0.15, 0.2) is 16.7 Å². The molecule has 3 aromatic carbocycles. The molecule has 33 heavy (non-hydrogen) atoms. The maximum Gasteiger partial charge on any atom is 0.250 e. The highest BCUT2D eigenvalue weighted by atomic mass is 35.5.